The van der Waals surface area contributed by atoms with Crippen molar-refractivity contribution in [3.63, 3.8) is 0 Å². The fraction of sp³-hybridized carbons (Fsp3) is 0.125. The first-order valence-corrected chi connectivity index (χ1v) is 7.13. The summed E-state index contributed by atoms with van der Waals surface area (Å²) in [5.74, 6) is -1.69. The smallest absolute Gasteiger partial charge is 0.288 e. The van der Waals surface area contributed by atoms with Gasteiger partial charge in [-0.15, -0.1) is 0 Å². The molecule has 136 valence electrons. The Labute approximate surface area is 145 Å². The predicted octanol–water partition coefficient (Wildman–Crippen LogP) is 2.33. The molecule has 1 aromatic heterocycles. The van der Waals surface area contributed by atoms with Gasteiger partial charge in [-0.3, -0.25) is 19.8 Å². The van der Waals surface area contributed by atoms with Crippen molar-refractivity contribution in [2.45, 2.75) is 6.18 Å². The van der Waals surface area contributed by atoms with Crippen LogP contribution in [0, 0.1) is 0 Å². The van der Waals surface area contributed by atoms with Crippen LogP contribution < -0.4 is 5.48 Å². The second kappa shape index (κ2) is 7.74. The van der Waals surface area contributed by atoms with Gasteiger partial charge in [-0.25, -0.2) is 10.5 Å². The van der Waals surface area contributed by atoms with Gasteiger partial charge in [0.05, 0.1) is 28.6 Å². The summed E-state index contributed by atoms with van der Waals surface area (Å²) in [6.45, 7) is 0. The van der Waals surface area contributed by atoms with Gasteiger partial charge < -0.3 is 0 Å². The van der Waals surface area contributed by atoms with Crippen LogP contribution in [0.15, 0.2) is 47.7 Å². The van der Waals surface area contributed by atoms with E-state index in [-0.39, 0.29) is 11.3 Å². The Morgan fingerprint density at radius 1 is 1.23 bits per heavy atom. The van der Waals surface area contributed by atoms with E-state index in [1.54, 1.807) is 0 Å². The lowest BCUT2D eigenvalue weighted by atomic mass is 10.1. The van der Waals surface area contributed by atoms with E-state index in [1.807, 2.05) is 0 Å². The van der Waals surface area contributed by atoms with Crippen LogP contribution >= 0.6 is 0 Å². The molecule has 0 radical (unpaired) electrons. The number of aromatic nitrogens is 1. The number of rotatable bonds is 4. The number of benzene rings is 1. The van der Waals surface area contributed by atoms with Crippen molar-refractivity contribution in [2.75, 3.05) is 7.05 Å². The van der Waals surface area contributed by atoms with Crippen molar-refractivity contribution in [1.29, 1.82) is 0 Å². The van der Waals surface area contributed by atoms with Gasteiger partial charge >= 0.3 is 6.18 Å². The molecule has 26 heavy (non-hydrogen) atoms. The zero-order valence-electron chi connectivity index (χ0n) is 13.4. The summed E-state index contributed by atoms with van der Waals surface area (Å²) in [5.41, 5.74) is 0.211. The van der Waals surface area contributed by atoms with E-state index in [9.17, 15) is 22.8 Å². The molecule has 0 fully saturated rings. The summed E-state index contributed by atoms with van der Waals surface area (Å²) < 4.78 is 39.0. The second-order valence-electron chi connectivity index (χ2n) is 5.03. The average molecular weight is 366 g/mol. The summed E-state index contributed by atoms with van der Waals surface area (Å²) in [6.07, 6.45) is -2.36. The lowest BCUT2D eigenvalue weighted by molar-refractivity contribution is -0.138. The first kappa shape index (κ1) is 19.1. The molecule has 1 aromatic carbocycles. The Balaban J connectivity index is 2.17. The number of carbonyl (C=O) groups is 2. The Kier molecular flexibility index (Phi) is 5.68. The summed E-state index contributed by atoms with van der Waals surface area (Å²) in [4.78, 5) is 27.3. The van der Waals surface area contributed by atoms with Gasteiger partial charge in [0.1, 0.15) is 0 Å². The number of pyridine rings is 1. The molecule has 7 nitrogen and oxygen atoms in total. The average Bonchev–Trinajstić information content (AvgIpc) is 2.64. The van der Waals surface area contributed by atoms with Gasteiger partial charge in [-0.1, -0.05) is 12.1 Å². The highest BCUT2D eigenvalue weighted by Crippen LogP contribution is 2.32. The molecule has 2 N–H and O–H groups in total. The fourth-order valence-corrected chi connectivity index (χ4v) is 1.97. The van der Waals surface area contributed by atoms with Crippen molar-refractivity contribution in [2.24, 2.45) is 5.10 Å². The number of nitrogens with zero attached hydrogens (tertiary/aromatic N) is 3. The maximum atomic E-state index is 13.0. The molecule has 0 saturated heterocycles. The number of hydrazone groups is 1. The van der Waals surface area contributed by atoms with E-state index in [0.717, 1.165) is 29.6 Å². The van der Waals surface area contributed by atoms with E-state index in [2.05, 4.69) is 10.1 Å². The SMILES string of the molecule is CN(N=Cc1ccc(C(=O)NO)cn1)C(=O)c1ccccc1C(F)(F)F. The standard InChI is InChI=1S/C16H13F3N4O3/c1-23(15(25)12-4-2-3-5-13(12)16(17,18)19)21-9-11-7-6-10(8-20-11)14(24)22-26/h2-9,26H,1H3,(H,22,24). The summed E-state index contributed by atoms with van der Waals surface area (Å²) in [7, 11) is 1.21. The Morgan fingerprint density at radius 3 is 2.50 bits per heavy atom. The highest BCUT2D eigenvalue weighted by Gasteiger charge is 2.35. The second-order valence-corrected chi connectivity index (χ2v) is 5.03. The summed E-state index contributed by atoms with van der Waals surface area (Å²) in [5, 5.41) is 13.0. The molecule has 10 heteroatoms. The fourth-order valence-electron chi connectivity index (χ4n) is 1.97. The highest BCUT2D eigenvalue weighted by atomic mass is 19.4. The number of hydrogen-bond acceptors (Lipinski definition) is 5. The minimum Gasteiger partial charge on any atom is -0.288 e. The first-order chi connectivity index (χ1) is 12.2. The first-order valence-electron chi connectivity index (χ1n) is 7.13. The monoisotopic (exact) mass is 366 g/mol. The van der Waals surface area contributed by atoms with Gasteiger partial charge in [-0.05, 0) is 24.3 Å². The Morgan fingerprint density at radius 2 is 1.92 bits per heavy atom. The third-order valence-corrected chi connectivity index (χ3v) is 3.27. The molecule has 0 aliphatic heterocycles. The van der Waals surface area contributed by atoms with Crippen LogP contribution in [0.1, 0.15) is 32.0 Å². The van der Waals surface area contributed by atoms with Crippen LogP contribution in [0.5, 0.6) is 0 Å². The third-order valence-electron chi connectivity index (χ3n) is 3.27. The van der Waals surface area contributed by atoms with Crippen LogP contribution in [0.25, 0.3) is 0 Å². The van der Waals surface area contributed by atoms with E-state index < -0.39 is 29.1 Å². The molecule has 0 bridgehead atoms. The van der Waals surface area contributed by atoms with E-state index >= 15 is 0 Å². The van der Waals surface area contributed by atoms with Crippen LogP contribution in [-0.2, 0) is 6.18 Å². The lowest BCUT2D eigenvalue weighted by Gasteiger charge is -2.15. The number of hydroxylamine groups is 1. The topological polar surface area (TPSA) is 94.9 Å². The minimum atomic E-state index is -4.67. The van der Waals surface area contributed by atoms with Crippen molar-refractivity contribution in [1.82, 2.24) is 15.5 Å². The largest absolute Gasteiger partial charge is 0.417 e. The molecule has 0 aliphatic carbocycles. The maximum absolute atomic E-state index is 13.0. The van der Waals surface area contributed by atoms with Crippen LogP contribution in [0.4, 0.5) is 13.2 Å². The maximum Gasteiger partial charge on any atom is 0.417 e. The van der Waals surface area contributed by atoms with Crippen molar-refractivity contribution >= 4 is 18.0 Å². The number of nitrogens with one attached hydrogen (secondary N) is 1. The highest BCUT2D eigenvalue weighted by molar-refractivity contribution is 5.96. The molecule has 0 spiro atoms. The van der Waals surface area contributed by atoms with Crippen molar-refractivity contribution in [3.05, 3.63) is 65.0 Å². The number of hydrogen-bond donors (Lipinski definition) is 2. The van der Waals surface area contributed by atoms with Gasteiger partial charge in [-0.2, -0.15) is 18.3 Å². The Hall–Kier alpha value is -3.27. The zero-order chi connectivity index (χ0) is 19.3. The van der Waals surface area contributed by atoms with Gasteiger partial charge in [0.25, 0.3) is 11.8 Å². The normalized spacial score (nSPS) is 11.4. The van der Waals surface area contributed by atoms with Gasteiger partial charge in [0.15, 0.2) is 0 Å². The number of carbonyl (C=O) groups excluding carboxylic acids is 2. The molecule has 0 saturated carbocycles. The minimum absolute atomic E-state index is 0.0909. The van der Waals surface area contributed by atoms with Crippen LogP contribution in [0.2, 0.25) is 0 Å². The third kappa shape index (κ3) is 4.42. The number of alkyl halides is 3. The predicted molar refractivity (Wildman–Crippen MR) is 84.6 cm³/mol. The lowest BCUT2D eigenvalue weighted by Crippen LogP contribution is -2.24. The van der Waals surface area contributed by atoms with Crippen LogP contribution in [-0.4, -0.2) is 40.3 Å². The molecule has 2 aromatic rings. The summed E-state index contributed by atoms with van der Waals surface area (Å²) >= 11 is 0. The molecular formula is C16H13F3N4O3. The molecule has 0 atom stereocenters. The number of halogens is 3. The van der Waals surface area contributed by atoms with Gasteiger partial charge in [0.2, 0.25) is 0 Å². The molecular weight excluding hydrogens is 353 g/mol. The molecule has 2 amide bonds. The zero-order valence-corrected chi connectivity index (χ0v) is 13.4. The molecule has 2 rings (SSSR count). The van der Waals surface area contributed by atoms with Crippen molar-refractivity contribution < 1.29 is 28.0 Å². The van der Waals surface area contributed by atoms with E-state index in [0.29, 0.717) is 0 Å². The van der Waals surface area contributed by atoms with Crippen molar-refractivity contribution in [3.8, 4) is 0 Å². The number of amides is 2. The Bertz CT molecular complexity index is 835. The molecule has 0 unspecified atom stereocenters. The summed E-state index contributed by atoms with van der Waals surface area (Å²) in [6, 6.07) is 7.13. The molecule has 1 heterocycles. The van der Waals surface area contributed by atoms with Crippen LogP contribution in [0.3, 0.4) is 0 Å². The van der Waals surface area contributed by atoms with Gasteiger partial charge in [0, 0.05) is 13.2 Å². The van der Waals surface area contributed by atoms with E-state index in [1.165, 1.54) is 36.8 Å². The molecule has 0 aliphatic rings. The van der Waals surface area contributed by atoms with E-state index in [4.69, 9.17) is 5.21 Å². The quantitative estimate of drug-likeness (QED) is 0.493.